The monoisotopic (exact) mass is 362 g/mol. The van der Waals surface area contributed by atoms with Crippen LogP contribution in [0, 0.1) is 5.82 Å². The SMILES string of the molecule is Fc1cc(C2=CC(CNc3ccon3)ON2)ccc1N1CCSCC1. The molecule has 0 amide bonds. The molecule has 1 unspecified atom stereocenters. The van der Waals surface area contributed by atoms with Crippen LogP contribution in [0.1, 0.15) is 5.56 Å². The number of anilines is 2. The third-order valence-electron chi connectivity index (χ3n) is 4.21. The first-order valence-electron chi connectivity index (χ1n) is 8.20. The fraction of sp³-hybridized carbons (Fsp3) is 0.353. The largest absolute Gasteiger partial charge is 0.368 e. The van der Waals surface area contributed by atoms with Gasteiger partial charge in [0.1, 0.15) is 18.2 Å². The molecule has 8 heteroatoms. The van der Waals surface area contributed by atoms with Crippen LogP contribution < -0.4 is 15.7 Å². The Morgan fingerprint density at radius 1 is 1.32 bits per heavy atom. The molecule has 1 aromatic carbocycles. The summed E-state index contributed by atoms with van der Waals surface area (Å²) in [4.78, 5) is 7.61. The Kier molecular flexibility index (Phi) is 4.80. The number of hydrogen-bond acceptors (Lipinski definition) is 7. The first-order valence-corrected chi connectivity index (χ1v) is 9.35. The molecule has 25 heavy (non-hydrogen) atoms. The van der Waals surface area contributed by atoms with E-state index in [0.717, 1.165) is 35.9 Å². The molecule has 1 aromatic heterocycles. The van der Waals surface area contributed by atoms with E-state index in [1.54, 1.807) is 12.1 Å². The number of rotatable bonds is 5. The van der Waals surface area contributed by atoms with E-state index in [0.29, 0.717) is 18.1 Å². The van der Waals surface area contributed by atoms with Crippen molar-refractivity contribution in [2.24, 2.45) is 0 Å². The Morgan fingerprint density at radius 2 is 2.20 bits per heavy atom. The summed E-state index contributed by atoms with van der Waals surface area (Å²) < 4.78 is 19.3. The molecule has 1 saturated heterocycles. The van der Waals surface area contributed by atoms with Crippen molar-refractivity contribution in [1.82, 2.24) is 10.6 Å². The Balaban J connectivity index is 1.42. The topological polar surface area (TPSA) is 62.6 Å². The smallest absolute Gasteiger partial charge is 0.169 e. The Hall–Kier alpha value is -2.19. The highest BCUT2D eigenvalue weighted by Crippen LogP contribution is 2.27. The molecule has 2 N–H and O–H groups in total. The van der Waals surface area contributed by atoms with Gasteiger partial charge in [-0.2, -0.15) is 11.8 Å². The summed E-state index contributed by atoms with van der Waals surface area (Å²) in [6, 6.07) is 7.08. The average molecular weight is 362 g/mol. The molecule has 4 rings (SSSR count). The maximum atomic E-state index is 14.5. The van der Waals surface area contributed by atoms with Crippen LogP contribution in [0.3, 0.4) is 0 Å². The van der Waals surface area contributed by atoms with Gasteiger partial charge in [0.25, 0.3) is 0 Å². The van der Waals surface area contributed by atoms with Gasteiger partial charge in [-0.05, 0) is 18.2 Å². The zero-order chi connectivity index (χ0) is 17.1. The second-order valence-electron chi connectivity index (χ2n) is 5.87. The second-order valence-corrected chi connectivity index (χ2v) is 7.09. The molecule has 2 aliphatic rings. The summed E-state index contributed by atoms with van der Waals surface area (Å²) in [6.45, 7) is 2.32. The van der Waals surface area contributed by atoms with Gasteiger partial charge in [-0.25, -0.2) is 4.39 Å². The molecule has 2 aromatic rings. The highest BCUT2D eigenvalue weighted by Gasteiger charge is 2.20. The van der Waals surface area contributed by atoms with Crippen LogP contribution in [0.4, 0.5) is 15.9 Å². The van der Waals surface area contributed by atoms with E-state index in [1.165, 1.54) is 6.26 Å². The molecule has 0 saturated carbocycles. The maximum Gasteiger partial charge on any atom is 0.169 e. The number of thioether (sulfide) groups is 1. The Morgan fingerprint density at radius 3 is 2.96 bits per heavy atom. The van der Waals surface area contributed by atoms with Crippen molar-refractivity contribution in [3.8, 4) is 0 Å². The zero-order valence-electron chi connectivity index (χ0n) is 13.6. The molecule has 0 bridgehead atoms. The second kappa shape index (κ2) is 7.37. The molecule has 2 aliphatic heterocycles. The molecule has 1 fully saturated rings. The van der Waals surface area contributed by atoms with Crippen molar-refractivity contribution in [3.05, 3.63) is 48.0 Å². The Bertz CT molecular complexity index is 747. The summed E-state index contributed by atoms with van der Waals surface area (Å²) in [7, 11) is 0. The van der Waals surface area contributed by atoms with Gasteiger partial charge < -0.3 is 14.7 Å². The predicted octanol–water partition coefficient (Wildman–Crippen LogP) is 2.72. The van der Waals surface area contributed by atoms with E-state index in [-0.39, 0.29) is 11.9 Å². The van der Waals surface area contributed by atoms with Gasteiger partial charge in [0.15, 0.2) is 5.82 Å². The van der Waals surface area contributed by atoms with E-state index >= 15 is 0 Å². The molecule has 0 aliphatic carbocycles. The van der Waals surface area contributed by atoms with Crippen LogP contribution in [0.15, 0.2) is 41.1 Å². The van der Waals surface area contributed by atoms with E-state index in [1.807, 2.05) is 30.0 Å². The highest BCUT2D eigenvalue weighted by atomic mass is 32.2. The lowest BCUT2D eigenvalue weighted by molar-refractivity contribution is 0.0590. The van der Waals surface area contributed by atoms with Crippen LogP contribution in [-0.2, 0) is 4.84 Å². The summed E-state index contributed by atoms with van der Waals surface area (Å²) in [6.07, 6.45) is 3.26. The van der Waals surface area contributed by atoms with Gasteiger partial charge in [-0.3, -0.25) is 10.3 Å². The highest BCUT2D eigenvalue weighted by molar-refractivity contribution is 7.99. The third-order valence-corrected chi connectivity index (χ3v) is 5.15. The predicted molar refractivity (Wildman–Crippen MR) is 96.9 cm³/mol. The summed E-state index contributed by atoms with van der Waals surface area (Å²) in [5, 5.41) is 6.89. The quantitative estimate of drug-likeness (QED) is 0.848. The summed E-state index contributed by atoms with van der Waals surface area (Å²) in [5.41, 5.74) is 5.09. The van der Waals surface area contributed by atoms with Crippen molar-refractivity contribution < 1.29 is 13.8 Å². The number of aromatic nitrogens is 1. The van der Waals surface area contributed by atoms with Gasteiger partial charge in [0.05, 0.1) is 11.4 Å². The molecule has 0 radical (unpaired) electrons. The molecule has 6 nitrogen and oxygen atoms in total. The molecule has 132 valence electrons. The number of hydrogen-bond donors (Lipinski definition) is 2. The van der Waals surface area contributed by atoms with Gasteiger partial charge in [0.2, 0.25) is 0 Å². The maximum absolute atomic E-state index is 14.5. The fourth-order valence-corrected chi connectivity index (χ4v) is 3.80. The van der Waals surface area contributed by atoms with E-state index in [2.05, 4.69) is 20.9 Å². The van der Waals surface area contributed by atoms with Crippen molar-refractivity contribution in [3.63, 3.8) is 0 Å². The first-order chi connectivity index (χ1) is 12.3. The van der Waals surface area contributed by atoms with Crippen LogP contribution in [0.2, 0.25) is 0 Å². The minimum absolute atomic E-state index is 0.173. The van der Waals surface area contributed by atoms with Gasteiger partial charge >= 0.3 is 0 Å². The van der Waals surface area contributed by atoms with E-state index < -0.39 is 0 Å². The normalized spacial score (nSPS) is 20.3. The van der Waals surface area contributed by atoms with Crippen molar-refractivity contribution in [2.45, 2.75) is 6.10 Å². The minimum atomic E-state index is -0.198. The molecule has 1 atom stereocenters. The Labute approximate surface area is 149 Å². The molecule has 0 spiro atoms. The first kappa shape index (κ1) is 16.3. The van der Waals surface area contributed by atoms with E-state index in [9.17, 15) is 4.39 Å². The van der Waals surface area contributed by atoms with Crippen molar-refractivity contribution in [2.75, 3.05) is 41.4 Å². The van der Waals surface area contributed by atoms with Crippen LogP contribution in [0.25, 0.3) is 5.70 Å². The van der Waals surface area contributed by atoms with Crippen molar-refractivity contribution >= 4 is 29.0 Å². The third kappa shape index (κ3) is 3.74. The minimum Gasteiger partial charge on any atom is -0.368 e. The molecular formula is C17H19FN4O2S. The lowest BCUT2D eigenvalue weighted by Crippen LogP contribution is -2.33. The lowest BCUT2D eigenvalue weighted by Gasteiger charge is -2.29. The fourth-order valence-electron chi connectivity index (χ4n) is 2.89. The van der Waals surface area contributed by atoms with Gasteiger partial charge in [0, 0.05) is 42.8 Å². The molecular weight excluding hydrogens is 343 g/mol. The zero-order valence-corrected chi connectivity index (χ0v) is 14.4. The number of halogens is 1. The summed E-state index contributed by atoms with van der Waals surface area (Å²) >= 11 is 1.91. The number of benzene rings is 1. The van der Waals surface area contributed by atoms with Gasteiger partial charge in [-0.15, -0.1) is 0 Å². The van der Waals surface area contributed by atoms with E-state index in [4.69, 9.17) is 9.36 Å². The number of hydroxylamine groups is 1. The van der Waals surface area contributed by atoms with Crippen LogP contribution >= 0.6 is 11.8 Å². The standard InChI is InChI=1S/C17H19FN4O2S/c18-14-9-12(1-2-16(14)22-4-7-25-8-5-22)15-10-13(24-20-15)11-19-17-3-6-23-21-17/h1-3,6,9-10,13,20H,4-5,7-8,11H2,(H,19,21). The van der Waals surface area contributed by atoms with Crippen LogP contribution in [-0.4, -0.2) is 42.4 Å². The lowest BCUT2D eigenvalue weighted by atomic mass is 10.1. The average Bonchev–Trinajstić information content (AvgIpc) is 3.32. The van der Waals surface area contributed by atoms with Crippen LogP contribution in [0.5, 0.6) is 0 Å². The van der Waals surface area contributed by atoms with Gasteiger partial charge in [-0.1, -0.05) is 11.2 Å². The van der Waals surface area contributed by atoms with Crippen molar-refractivity contribution in [1.29, 1.82) is 0 Å². The molecule has 3 heterocycles. The number of nitrogens with zero attached hydrogens (tertiary/aromatic N) is 2. The summed E-state index contributed by atoms with van der Waals surface area (Å²) in [5.74, 6) is 2.54. The number of nitrogens with one attached hydrogen (secondary N) is 2.